The van der Waals surface area contributed by atoms with Crippen molar-refractivity contribution in [3.05, 3.63) is 126 Å². The van der Waals surface area contributed by atoms with Gasteiger partial charge >= 0.3 is 0 Å². The predicted molar refractivity (Wildman–Crippen MR) is 163 cm³/mol. The Kier molecular flexibility index (Phi) is 10.7. The number of hydrogen-bond acceptors (Lipinski definition) is 5. The van der Waals surface area contributed by atoms with Gasteiger partial charge in [0.1, 0.15) is 30.0 Å². The van der Waals surface area contributed by atoms with Gasteiger partial charge in [-0.3, -0.25) is 13.9 Å². The molecule has 0 radical (unpaired) electrons. The summed E-state index contributed by atoms with van der Waals surface area (Å²) < 4.78 is 61.9. The number of benzene rings is 4. The second-order valence-corrected chi connectivity index (χ2v) is 11.7. The molecule has 44 heavy (non-hydrogen) atoms. The highest BCUT2D eigenvalue weighted by atomic mass is 32.2. The van der Waals surface area contributed by atoms with E-state index in [0.29, 0.717) is 17.9 Å². The van der Waals surface area contributed by atoms with Crippen molar-refractivity contribution < 1.29 is 31.5 Å². The monoisotopic (exact) mass is 621 g/mol. The maximum Gasteiger partial charge on any atom is 0.264 e. The Bertz CT molecular complexity index is 1650. The number of likely N-dealkylation sites (N-methyl/N-ethyl adjacent to an activating group) is 1. The van der Waals surface area contributed by atoms with Crippen LogP contribution in [0.15, 0.2) is 108 Å². The molecule has 0 fully saturated rings. The maximum absolute atomic E-state index is 14.2. The number of halogens is 2. The van der Waals surface area contributed by atoms with E-state index in [1.165, 1.54) is 72.6 Å². The lowest BCUT2D eigenvalue weighted by Crippen LogP contribution is -2.53. The van der Waals surface area contributed by atoms with Crippen LogP contribution in [0.3, 0.4) is 0 Å². The standard InChI is InChI=1S/C33H33F2N3O5S/c1-3-43-29-17-19-30(20-18-29)44(41,42)38(28-15-13-27(35)14-16-28)23-32(39)37(22-25-9-11-26(34)12-10-25)31(33(40)36-2)21-24-7-5-4-6-8-24/h4-20,31H,3,21-23H2,1-2H3,(H,36,40)/t31-/m1/s1. The molecule has 0 aliphatic rings. The molecule has 0 saturated carbocycles. The summed E-state index contributed by atoms with van der Waals surface area (Å²) in [5.74, 6) is -1.75. The number of hydrogen-bond donors (Lipinski definition) is 1. The first-order valence-electron chi connectivity index (χ1n) is 13.9. The van der Waals surface area contributed by atoms with E-state index < -0.39 is 46.1 Å². The fraction of sp³-hybridized carbons (Fsp3) is 0.212. The average Bonchev–Trinajstić information content (AvgIpc) is 3.03. The Hall–Kier alpha value is -4.77. The van der Waals surface area contributed by atoms with Gasteiger partial charge in [0.05, 0.1) is 17.2 Å². The first-order chi connectivity index (χ1) is 21.1. The van der Waals surface area contributed by atoms with E-state index in [-0.39, 0.29) is 23.5 Å². The number of anilines is 1. The minimum atomic E-state index is -4.36. The molecule has 2 amide bonds. The van der Waals surface area contributed by atoms with Crippen LogP contribution in [0.2, 0.25) is 0 Å². The van der Waals surface area contributed by atoms with Crippen LogP contribution >= 0.6 is 0 Å². The summed E-state index contributed by atoms with van der Waals surface area (Å²) >= 11 is 0. The SMILES string of the molecule is CCOc1ccc(S(=O)(=O)N(CC(=O)N(Cc2ccc(F)cc2)[C@H](Cc2ccccc2)C(=O)NC)c2ccc(F)cc2)cc1. The first kappa shape index (κ1) is 32.2. The second-order valence-electron chi connectivity index (χ2n) is 9.86. The van der Waals surface area contributed by atoms with E-state index in [2.05, 4.69) is 5.32 Å². The molecule has 0 heterocycles. The Balaban J connectivity index is 1.76. The van der Waals surface area contributed by atoms with Gasteiger partial charge in [0.2, 0.25) is 11.8 Å². The van der Waals surface area contributed by atoms with Crippen molar-refractivity contribution in [2.24, 2.45) is 0 Å². The zero-order valence-corrected chi connectivity index (χ0v) is 25.1. The smallest absolute Gasteiger partial charge is 0.264 e. The highest BCUT2D eigenvalue weighted by Crippen LogP contribution is 2.27. The molecule has 4 aromatic rings. The number of sulfonamides is 1. The van der Waals surface area contributed by atoms with Crippen LogP contribution in [-0.4, -0.2) is 51.4 Å². The highest BCUT2D eigenvalue weighted by molar-refractivity contribution is 7.92. The van der Waals surface area contributed by atoms with E-state index in [0.717, 1.165) is 22.0 Å². The topological polar surface area (TPSA) is 96.0 Å². The third-order valence-electron chi connectivity index (χ3n) is 6.90. The molecule has 0 aliphatic heterocycles. The Morgan fingerprint density at radius 3 is 1.98 bits per heavy atom. The average molecular weight is 622 g/mol. The molecule has 8 nitrogen and oxygen atoms in total. The number of nitrogens with zero attached hydrogens (tertiary/aromatic N) is 2. The summed E-state index contributed by atoms with van der Waals surface area (Å²) in [5.41, 5.74) is 1.36. The van der Waals surface area contributed by atoms with E-state index in [9.17, 15) is 26.8 Å². The van der Waals surface area contributed by atoms with E-state index in [4.69, 9.17) is 4.74 Å². The summed E-state index contributed by atoms with van der Waals surface area (Å²) in [5, 5.41) is 2.60. The van der Waals surface area contributed by atoms with Gasteiger partial charge in [-0.05, 0) is 78.7 Å². The molecule has 0 aliphatic carbocycles. The fourth-order valence-corrected chi connectivity index (χ4v) is 6.06. The van der Waals surface area contributed by atoms with Gasteiger partial charge < -0.3 is 15.0 Å². The molecule has 1 atom stereocenters. The van der Waals surface area contributed by atoms with Gasteiger partial charge in [0.15, 0.2) is 0 Å². The second kappa shape index (κ2) is 14.6. The van der Waals surface area contributed by atoms with Crippen LogP contribution in [0.5, 0.6) is 5.75 Å². The summed E-state index contributed by atoms with van der Waals surface area (Å²) in [6.07, 6.45) is 0.135. The summed E-state index contributed by atoms with van der Waals surface area (Å²) in [7, 11) is -2.91. The van der Waals surface area contributed by atoms with Crippen LogP contribution in [-0.2, 0) is 32.6 Å². The molecule has 230 valence electrons. The Labute approximate surface area is 255 Å². The minimum absolute atomic E-state index is 0.0509. The van der Waals surface area contributed by atoms with Crippen LogP contribution in [0.4, 0.5) is 14.5 Å². The number of rotatable bonds is 13. The van der Waals surface area contributed by atoms with Crippen molar-refractivity contribution in [2.45, 2.75) is 30.8 Å². The van der Waals surface area contributed by atoms with E-state index in [1.807, 2.05) is 30.3 Å². The quantitative estimate of drug-likeness (QED) is 0.228. The molecular formula is C33H33F2N3O5S. The van der Waals surface area contributed by atoms with Gasteiger partial charge in [-0.2, -0.15) is 0 Å². The van der Waals surface area contributed by atoms with Crippen LogP contribution in [0, 0.1) is 11.6 Å². The summed E-state index contributed by atoms with van der Waals surface area (Å²) in [4.78, 5) is 28.6. The fourth-order valence-electron chi connectivity index (χ4n) is 4.64. The van der Waals surface area contributed by atoms with Crippen molar-refractivity contribution in [3.8, 4) is 5.75 Å². The molecule has 0 spiro atoms. The molecule has 4 aromatic carbocycles. The highest BCUT2D eigenvalue weighted by Gasteiger charge is 2.34. The summed E-state index contributed by atoms with van der Waals surface area (Å²) in [6, 6.07) is 24.0. The lowest BCUT2D eigenvalue weighted by atomic mass is 10.0. The largest absolute Gasteiger partial charge is 0.494 e. The molecule has 0 unspecified atom stereocenters. The number of carbonyl (C=O) groups is 2. The molecule has 0 saturated heterocycles. The zero-order chi connectivity index (χ0) is 31.7. The molecule has 11 heteroatoms. The first-order valence-corrected chi connectivity index (χ1v) is 15.4. The lowest BCUT2D eigenvalue weighted by molar-refractivity contribution is -0.139. The maximum atomic E-state index is 14.2. The van der Waals surface area contributed by atoms with Crippen LogP contribution in [0.25, 0.3) is 0 Å². The van der Waals surface area contributed by atoms with Crippen molar-refractivity contribution in [3.63, 3.8) is 0 Å². The van der Waals surface area contributed by atoms with Gasteiger partial charge in [-0.25, -0.2) is 17.2 Å². The zero-order valence-electron chi connectivity index (χ0n) is 24.3. The number of carbonyl (C=O) groups excluding carboxylic acids is 2. The van der Waals surface area contributed by atoms with Gasteiger partial charge in [0, 0.05) is 20.0 Å². The molecule has 4 rings (SSSR count). The van der Waals surface area contributed by atoms with Crippen LogP contribution < -0.4 is 14.4 Å². The van der Waals surface area contributed by atoms with E-state index in [1.54, 1.807) is 6.92 Å². The normalized spacial score (nSPS) is 11.8. The van der Waals surface area contributed by atoms with Crippen LogP contribution in [0.1, 0.15) is 18.1 Å². The minimum Gasteiger partial charge on any atom is -0.494 e. The number of ether oxygens (including phenoxy) is 1. The Morgan fingerprint density at radius 1 is 0.818 bits per heavy atom. The van der Waals surface area contributed by atoms with E-state index >= 15 is 0 Å². The van der Waals surface area contributed by atoms with Crippen molar-refractivity contribution in [1.82, 2.24) is 10.2 Å². The number of nitrogens with one attached hydrogen (secondary N) is 1. The third kappa shape index (κ3) is 7.99. The van der Waals surface area contributed by atoms with Gasteiger partial charge in [-0.1, -0.05) is 42.5 Å². The summed E-state index contributed by atoms with van der Waals surface area (Å²) in [6.45, 7) is 1.38. The molecule has 0 aromatic heterocycles. The number of amides is 2. The van der Waals surface area contributed by atoms with Crippen molar-refractivity contribution in [1.29, 1.82) is 0 Å². The van der Waals surface area contributed by atoms with Crippen molar-refractivity contribution in [2.75, 3.05) is 24.5 Å². The predicted octanol–water partition coefficient (Wildman–Crippen LogP) is 4.94. The van der Waals surface area contributed by atoms with Gasteiger partial charge in [-0.15, -0.1) is 0 Å². The molecular weight excluding hydrogens is 588 g/mol. The molecule has 1 N–H and O–H groups in total. The van der Waals surface area contributed by atoms with Gasteiger partial charge in [0.25, 0.3) is 10.0 Å². The third-order valence-corrected chi connectivity index (χ3v) is 8.69. The lowest BCUT2D eigenvalue weighted by Gasteiger charge is -2.33. The van der Waals surface area contributed by atoms with Crippen molar-refractivity contribution >= 4 is 27.5 Å². The Morgan fingerprint density at radius 2 is 1.41 bits per heavy atom. The molecule has 0 bridgehead atoms.